The number of nitrogens with zero attached hydrogens (tertiary/aromatic N) is 4. The molecule has 0 bridgehead atoms. The smallest absolute Gasteiger partial charge is 0.159 e. The van der Waals surface area contributed by atoms with Crippen LogP contribution in [-0.4, -0.2) is 52.6 Å². The molecule has 1 aromatic rings. The lowest BCUT2D eigenvalue weighted by atomic mass is 10.0. The van der Waals surface area contributed by atoms with Crippen LogP contribution < -0.4 is 10.6 Å². The second-order valence-corrected chi connectivity index (χ2v) is 6.66. The zero-order chi connectivity index (χ0) is 15.6. The van der Waals surface area contributed by atoms with Gasteiger partial charge in [-0.1, -0.05) is 5.16 Å². The lowest BCUT2D eigenvalue weighted by Crippen LogP contribution is -2.59. The number of pyridine rings is 1. The van der Waals surface area contributed by atoms with E-state index in [2.05, 4.69) is 48.9 Å². The first kappa shape index (κ1) is 16.0. The van der Waals surface area contributed by atoms with E-state index in [0.29, 0.717) is 0 Å². The fourth-order valence-corrected chi connectivity index (χ4v) is 2.69. The monoisotopic (exact) mass is 355 g/mol. The van der Waals surface area contributed by atoms with Gasteiger partial charge in [-0.15, -0.1) is 0 Å². The Labute approximate surface area is 133 Å². The van der Waals surface area contributed by atoms with Crippen molar-refractivity contribution in [3.63, 3.8) is 0 Å². The lowest BCUT2D eigenvalue weighted by Gasteiger charge is -2.43. The molecule has 21 heavy (non-hydrogen) atoms. The van der Waals surface area contributed by atoms with Gasteiger partial charge in [-0.2, -0.15) is 0 Å². The fraction of sp³-hybridized carbons (Fsp3) is 0.571. The highest BCUT2D eigenvalue weighted by Crippen LogP contribution is 2.23. The maximum atomic E-state index is 8.90. The summed E-state index contributed by atoms with van der Waals surface area (Å²) >= 11 is 3.47. The Morgan fingerprint density at radius 3 is 2.52 bits per heavy atom. The number of aromatic nitrogens is 1. The van der Waals surface area contributed by atoms with E-state index >= 15 is 0 Å². The molecule has 3 N–H and O–H groups in total. The Morgan fingerprint density at radius 2 is 2.00 bits per heavy atom. The van der Waals surface area contributed by atoms with Crippen LogP contribution in [0.2, 0.25) is 0 Å². The van der Waals surface area contributed by atoms with Gasteiger partial charge in [0, 0.05) is 36.8 Å². The van der Waals surface area contributed by atoms with Gasteiger partial charge >= 0.3 is 0 Å². The zero-order valence-corrected chi connectivity index (χ0v) is 14.3. The van der Waals surface area contributed by atoms with Gasteiger partial charge in [0.2, 0.25) is 0 Å². The minimum atomic E-state index is -0.441. The molecular formula is C14H22BrN5O. The van der Waals surface area contributed by atoms with Gasteiger partial charge in [-0.3, -0.25) is 4.90 Å². The van der Waals surface area contributed by atoms with Crippen LogP contribution in [0, 0.1) is 6.92 Å². The summed E-state index contributed by atoms with van der Waals surface area (Å²) in [5.41, 5.74) is 6.53. The molecule has 0 spiro atoms. The molecule has 116 valence electrons. The molecule has 1 aliphatic rings. The molecule has 0 radical (unpaired) electrons. The summed E-state index contributed by atoms with van der Waals surface area (Å²) < 4.78 is 1.03. The molecule has 0 atom stereocenters. The summed E-state index contributed by atoms with van der Waals surface area (Å²) in [6, 6.07) is 2.09. The Kier molecular flexibility index (Phi) is 4.73. The number of anilines is 1. The van der Waals surface area contributed by atoms with E-state index in [-0.39, 0.29) is 5.84 Å². The molecule has 1 saturated heterocycles. The normalized spacial score (nSPS) is 18.1. The number of rotatable bonds is 3. The first-order valence-corrected chi connectivity index (χ1v) is 7.75. The summed E-state index contributed by atoms with van der Waals surface area (Å²) in [6.45, 7) is 9.44. The van der Waals surface area contributed by atoms with Crippen molar-refractivity contribution in [1.29, 1.82) is 0 Å². The highest BCUT2D eigenvalue weighted by molar-refractivity contribution is 9.10. The molecule has 0 saturated carbocycles. The van der Waals surface area contributed by atoms with E-state index in [1.54, 1.807) is 0 Å². The standard InChI is InChI=1S/C14H22BrN5O/c1-10-8-12(17-9-11(10)15)19-4-6-20(7-5-19)14(2,3)13(16)18-21/h8-9,21H,4-7H2,1-3H3,(H2,16,18). The zero-order valence-electron chi connectivity index (χ0n) is 12.7. The second-order valence-electron chi connectivity index (χ2n) is 5.81. The van der Waals surface area contributed by atoms with Crippen molar-refractivity contribution in [2.75, 3.05) is 31.1 Å². The predicted molar refractivity (Wildman–Crippen MR) is 87.9 cm³/mol. The first-order chi connectivity index (χ1) is 9.86. The molecule has 0 amide bonds. The number of halogens is 1. The quantitative estimate of drug-likeness (QED) is 0.374. The van der Waals surface area contributed by atoms with Gasteiger partial charge in [0.1, 0.15) is 5.82 Å². The maximum Gasteiger partial charge on any atom is 0.159 e. The third-order valence-electron chi connectivity index (χ3n) is 4.16. The molecule has 2 rings (SSSR count). The Hall–Kier alpha value is -1.34. The van der Waals surface area contributed by atoms with Crippen molar-refractivity contribution in [3.8, 4) is 0 Å². The molecule has 1 aliphatic heterocycles. The van der Waals surface area contributed by atoms with Crippen molar-refractivity contribution in [3.05, 3.63) is 22.3 Å². The third-order valence-corrected chi connectivity index (χ3v) is 4.99. The highest BCUT2D eigenvalue weighted by atomic mass is 79.9. The van der Waals surface area contributed by atoms with Gasteiger partial charge in [0.05, 0.1) is 5.54 Å². The molecule has 1 fully saturated rings. The second kappa shape index (κ2) is 6.19. The molecule has 1 aromatic heterocycles. The number of oxime groups is 1. The summed E-state index contributed by atoms with van der Waals surface area (Å²) in [5, 5.41) is 12.1. The van der Waals surface area contributed by atoms with E-state index in [0.717, 1.165) is 36.5 Å². The first-order valence-electron chi connectivity index (χ1n) is 6.96. The van der Waals surface area contributed by atoms with E-state index < -0.39 is 5.54 Å². The van der Waals surface area contributed by atoms with E-state index in [4.69, 9.17) is 10.9 Å². The van der Waals surface area contributed by atoms with Gasteiger partial charge < -0.3 is 15.8 Å². The van der Waals surface area contributed by atoms with Crippen molar-refractivity contribution < 1.29 is 5.21 Å². The summed E-state index contributed by atoms with van der Waals surface area (Å²) in [4.78, 5) is 8.96. The molecule has 7 heteroatoms. The molecule has 6 nitrogen and oxygen atoms in total. The Morgan fingerprint density at radius 1 is 1.38 bits per heavy atom. The van der Waals surface area contributed by atoms with E-state index in [1.165, 1.54) is 5.56 Å². The molecule has 0 unspecified atom stereocenters. The largest absolute Gasteiger partial charge is 0.409 e. The topological polar surface area (TPSA) is 78.0 Å². The number of aryl methyl sites for hydroxylation is 1. The average Bonchev–Trinajstić information content (AvgIpc) is 2.49. The van der Waals surface area contributed by atoms with Crippen LogP contribution >= 0.6 is 15.9 Å². The predicted octanol–water partition coefficient (Wildman–Crippen LogP) is 1.80. The van der Waals surface area contributed by atoms with Crippen LogP contribution in [0.5, 0.6) is 0 Å². The minimum absolute atomic E-state index is 0.244. The summed E-state index contributed by atoms with van der Waals surface area (Å²) in [7, 11) is 0. The molecule has 2 heterocycles. The van der Waals surface area contributed by atoms with Crippen molar-refractivity contribution in [2.24, 2.45) is 10.9 Å². The molecular weight excluding hydrogens is 334 g/mol. The van der Waals surface area contributed by atoms with E-state index in [9.17, 15) is 0 Å². The van der Waals surface area contributed by atoms with Gasteiger partial charge in [0.15, 0.2) is 5.84 Å². The Balaban J connectivity index is 2.05. The van der Waals surface area contributed by atoms with Crippen LogP contribution in [0.25, 0.3) is 0 Å². The van der Waals surface area contributed by atoms with Crippen LogP contribution in [0.15, 0.2) is 21.9 Å². The number of piperazine rings is 1. The van der Waals surface area contributed by atoms with Crippen LogP contribution in [0.4, 0.5) is 5.82 Å². The van der Waals surface area contributed by atoms with Crippen LogP contribution in [-0.2, 0) is 0 Å². The molecule has 0 aromatic carbocycles. The van der Waals surface area contributed by atoms with Crippen molar-refractivity contribution >= 4 is 27.6 Å². The van der Waals surface area contributed by atoms with Gasteiger partial charge in [-0.05, 0) is 48.3 Å². The Bertz CT molecular complexity index is 538. The lowest BCUT2D eigenvalue weighted by molar-refractivity contribution is 0.161. The van der Waals surface area contributed by atoms with E-state index in [1.807, 2.05) is 20.0 Å². The van der Waals surface area contributed by atoms with Crippen molar-refractivity contribution in [1.82, 2.24) is 9.88 Å². The summed E-state index contributed by atoms with van der Waals surface area (Å²) in [6.07, 6.45) is 1.84. The maximum absolute atomic E-state index is 8.90. The number of amidine groups is 1. The summed E-state index contributed by atoms with van der Waals surface area (Å²) in [5.74, 6) is 1.24. The van der Waals surface area contributed by atoms with Crippen molar-refractivity contribution in [2.45, 2.75) is 26.3 Å². The van der Waals surface area contributed by atoms with Gasteiger partial charge in [-0.25, -0.2) is 4.98 Å². The minimum Gasteiger partial charge on any atom is -0.409 e. The molecule has 0 aliphatic carbocycles. The van der Waals surface area contributed by atoms with Crippen LogP contribution in [0.3, 0.4) is 0 Å². The fourth-order valence-electron chi connectivity index (χ4n) is 2.48. The van der Waals surface area contributed by atoms with Crippen LogP contribution in [0.1, 0.15) is 19.4 Å². The number of nitrogens with two attached hydrogens (primary N) is 1. The highest BCUT2D eigenvalue weighted by Gasteiger charge is 2.34. The van der Waals surface area contributed by atoms with Gasteiger partial charge in [0.25, 0.3) is 0 Å². The average molecular weight is 356 g/mol. The number of hydrogen-bond donors (Lipinski definition) is 2. The third kappa shape index (κ3) is 3.29. The number of hydrogen-bond acceptors (Lipinski definition) is 5. The SMILES string of the molecule is Cc1cc(N2CCN(C(C)(C)/C(N)=N/O)CC2)ncc1Br.